The van der Waals surface area contributed by atoms with E-state index in [0.717, 1.165) is 32.1 Å². The lowest BCUT2D eigenvalue weighted by Gasteiger charge is -2.32. The first-order chi connectivity index (χ1) is 8.01. The summed E-state index contributed by atoms with van der Waals surface area (Å²) in [5, 5.41) is 0. The maximum atomic E-state index is 12.0. The molecule has 1 saturated carbocycles. The fourth-order valence-electron chi connectivity index (χ4n) is 2.36. The lowest BCUT2D eigenvalue weighted by atomic mass is 9.85. The van der Waals surface area contributed by atoms with Crippen LogP contribution in [-0.2, 0) is 10.2 Å². The third-order valence-corrected chi connectivity index (χ3v) is 5.06. The second-order valence-corrected chi connectivity index (χ2v) is 6.64. The molecule has 0 aliphatic heterocycles. The Morgan fingerprint density at radius 1 is 1.35 bits per heavy atom. The Bertz CT molecular complexity index is 319. The van der Waals surface area contributed by atoms with Gasteiger partial charge in [-0.25, -0.2) is 0 Å². The molecule has 0 aromatic carbocycles. The van der Waals surface area contributed by atoms with Gasteiger partial charge in [-0.05, 0) is 31.7 Å². The molecule has 0 aromatic heterocycles. The Hall–Kier alpha value is -0.170. The molecule has 5 nitrogen and oxygen atoms in total. The van der Waals surface area contributed by atoms with Gasteiger partial charge in [0.15, 0.2) is 0 Å². The van der Waals surface area contributed by atoms with Crippen molar-refractivity contribution < 1.29 is 8.42 Å². The molecule has 0 amide bonds. The topological polar surface area (TPSA) is 75.4 Å². The van der Waals surface area contributed by atoms with Crippen LogP contribution in [0.25, 0.3) is 0 Å². The van der Waals surface area contributed by atoms with Crippen molar-refractivity contribution in [2.75, 3.05) is 20.1 Å². The summed E-state index contributed by atoms with van der Waals surface area (Å²) in [6.07, 6.45) is 5.00. The zero-order chi connectivity index (χ0) is 12.9. The Balaban J connectivity index is 2.61. The molecule has 1 aliphatic rings. The van der Waals surface area contributed by atoms with Crippen LogP contribution in [0.2, 0.25) is 0 Å². The van der Waals surface area contributed by atoms with Crippen molar-refractivity contribution in [2.24, 2.45) is 11.7 Å². The van der Waals surface area contributed by atoms with Crippen LogP contribution in [0.5, 0.6) is 0 Å². The van der Waals surface area contributed by atoms with E-state index in [1.54, 1.807) is 7.05 Å². The highest BCUT2D eigenvalue weighted by molar-refractivity contribution is 7.87. The molecule has 3 N–H and O–H groups in total. The van der Waals surface area contributed by atoms with Gasteiger partial charge in [-0.2, -0.15) is 17.4 Å². The van der Waals surface area contributed by atoms with Gasteiger partial charge in [-0.1, -0.05) is 19.8 Å². The highest BCUT2D eigenvalue weighted by atomic mass is 32.2. The number of nitrogens with one attached hydrogen (secondary N) is 1. The summed E-state index contributed by atoms with van der Waals surface area (Å²) in [5.41, 5.74) is 5.70. The molecule has 0 radical (unpaired) electrons. The smallest absolute Gasteiger partial charge is 0.279 e. The number of hydrogen-bond acceptors (Lipinski definition) is 3. The van der Waals surface area contributed by atoms with Gasteiger partial charge < -0.3 is 5.73 Å². The molecule has 0 spiro atoms. The van der Waals surface area contributed by atoms with E-state index < -0.39 is 10.2 Å². The van der Waals surface area contributed by atoms with Gasteiger partial charge in [0.1, 0.15) is 0 Å². The van der Waals surface area contributed by atoms with Gasteiger partial charge in [0.25, 0.3) is 10.2 Å². The molecule has 17 heavy (non-hydrogen) atoms. The summed E-state index contributed by atoms with van der Waals surface area (Å²) in [6.45, 7) is 3.08. The van der Waals surface area contributed by atoms with E-state index in [1.165, 1.54) is 4.31 Å². The monoisotopic (exact) mass is 263 g/mol. The molecule has 2 unspecified atom stereocenters. The molecule has 0 bridgehead atoms. The summed E-state index contributed by atoms with van der Waals surface area (Å²) in [7, 11) is -1.72. The van der Waals surface area contributed by atoms with E-state index in [2.05, 4.69) is 4.72 Å². The molecule has 2 atom stereocenters. The minimum Gasteiger partial charge on any atom is -0.330 e. The Kier molecular flexibility index (Phi) is 5.85. The van der Waals surface area contributed by atoms with E-state index in [1.807, 2.05) is 6.92 Å². The average molecular weight is 263 g/mol. The number of nitrogens with zero attached hydrogens (tertiary/aromatic N) is 1. The van der Waals surface area contributed by atoms with Gasteiger partial charge in [0.05, 0.1) is 0 Å². The molecule has 0 heterocycles. The SMILES string of the molecule is CCCN(C)S(=O)(=O)NC1CCCCC1CN. The van der Waals surface area contributed by atoms with Gasteiger partial charge in [0.2, 0.25) is 0 Å². The molecule has 102 valence electrons. The van der Waals surface area contributed by atoms with Gasteiger partial charge >= 0.3 is 0 Å². The van der Waals surface area contributed by atoms with Crippen molar-refractivity contribution >= 4 is 10.2 Å². The average Bonchev–Trinajstić information content (AvgIpc) is 2.29. The fourth-order valence-corrected chi connectivity index (χ4v) is 3.66. The van der Waals surface area contributed by atoms with Crippen LogP contribution in [0.1, 0.15) is 39.0 Å². The maximum Gasteiger partial charge on any atom is 0.279 e. The summed E-state index contributed by atoms with van der Waals surface area (Å²) in [4.78, 5) is 0. The summed E-state index contributed by atoms with van der Waals surface area (Å²) >= 11 is 0. The van der Waals surface area contributed by atoms with E-state index in [4.69, 9.17) is 5.73 Å². The molecule has 0 saturated heterocycles. The van der Waals surface area contributed by atoms with Gasteiger partial charge in [-0.3, -0.25) is 0 Å². The van der Waals surface area contributed by atoms with Crippen LogP contribution in [0, 0.1) is 5.92 Å². The lowest BCUT2D eigenvalue weighted by Crippen LogP contribution is -2.49. The summed E-state index contributed by atoms with van der Waals surface area (Å²) in [6, 6.07) is 0.0121. The van der Waals surface area contributed by atoms with Crippen molar-refractivity contribution in [3.8, 4) is 0 Å². The van der Waals surface area contributed by atoms with E-state index in [-0.39, 0.29) is 12.0 Å². The summed E-state index contributed by atoms with van der Waals surface area (Å²) in [5.74, 6) is 0.286. The van der Waals surface area contributed by atoms with Crippen LogP contribution >= 0.6 is 0 Å². The predicted octanol–water partition coefficient (Wildman–Crippen LogP) is 0.680. The molecular weight excluding hydrogens is 238 g/mol. The predicted molar refractivity (Wildman–Crippen MR) is 69.8 cm³/mol. The van der Waals surface area contributed by atoms with Crippen molar-refractivity contribution in [3.05, 3.63) is 0 Å². The zero-order valence-electron chi connectivity index (χ0n) is 10.9. The first-order valence-corrected chi connectivity index (χ1v) is 7.89. The van der Waals surface area contributed by atoms with E-state index >= 15 is 0 Å². The molecule has 1 rings (SSSR count). The Labute approximate surface area is 105 Å². The second-order valence-electron chi connectivity index (χ2n) is 4.83. The Morgan fingerprint density at radius 2 is 2.00 bits per heavy atom. The quantitative estimate of drug-likeness (QED) is 0.740. The lowest BCUT2D eigenvalue weighted by molar-refractivity contribution is 0.290. The van der Waals surface area contributed by atoms with Gasteiger partial charge in [-0.15, -0.1) is 0 Å². The third kappa shape index (κ3) is 4.21. The minimum atomic E-state index is -3.34. The number of rotatable bonds is 6. The van der Waals surface area contributed by atoms with Crippen molar-refractivity contribution in [3.63, 3.8) is 0 Å². The first-order valence-electron chi connectivity index (χ1n) is 6.45. The third-order valence-electron chi connectivity index (χ3n) is 3.46. The Morgan fingerprint density at radius 3 is 2.59 bits per heavy atom. The molecular formula is C11H25N3O2S. The van der Waals surface area contributed by atoms with Crippen molar-refractivity contribution in [1.82, 2.24) is 9.03 Å². The van der Waals surface area contributed by atoms with Crippen LogP contribution in [0.15, 0.2) is 0 Å². The van der Waals surface area contributed by atoms with Gasteiger partial charge in [0, 0.05) is 19.6 Å². The highest BCUT2D eigenvalue weighted by Crippen LogP contribution is 2.24. The zero-order valence-corrected chi connectivity index (χ0v) is 11.7. The maximum absolute atomic E-state index is 12.0. The largest absolute Gasteiger partial charge is 0.330 e. The number of hydrogen-bond donors (Lipinski definition) is 2. The fraction of sp³-hybridized carbons (Fsp3) is 1.00. The minimum absolute atomic E-state index is 0.0121. The molecule has 1 aliphatic carbocycles. The van der Waals surface area contributed by atoms with Crippen LogP contribution in [0.3, 0.4) is 0 Å². The van der Waals surface area contributed by atoms with Crippen LogP contribution in [0.4, 0.5) is 0 Å². The summed E-state index contributed by atoms with van der Waals surface area (Å²) < 4.78 is 28.2. The molecule has 1 fully saturated rings. The van der Waals surface area contributed by atoms with Crippen molar-refractivity contribution in [2.45, 2.75) is 45.1 Å². The van der Waals surface area contributed by atoms with Crippen LogP contribution in [-0.4, -0.2) is 38.9 Å². The second kappa shape index (κ2) is 6.68. The standard InChI is InChI=1S/C11H25N3O2S/c1-3-8-14(2)17(15,16)13-11-7-5-4-6-10(11)9-12/h10-11,13H,3-9,12H2,1-2H3. The van der Waals surface area contributed by atoms with Crippen molar-refractivity contribution in [1.29, 1.82) is 0 Å². The van der Waals surface area contributed by atoms with Crippen LogP contribution < -0.4 is 10.5 Å². The first kappa shape index (κ1) is 14.9. The highest BCUT2D eigenvalue weighted by Gasteiger charge is 2.29. The molecule has 6 heteroatoms. The van der Waals surface area contributed by atoms with E-state index in [9.17, 15) is 8.42 Å². The number of nitrogens with two attached hydrogens (primary N) is 1. The normalized spacial score (nSPS) is 26.4. The van der Waals surface area contributed by atoms with E-state index in [0.29, 0.717) is 13.1 Å². The molecule has 0 aromatic rings.